The van der Waals surface area contributed by atoms with E-state index in [-0.39, 0.29) is 5.69 Å². The molecule has 0 aliphatic carbocycles. The highest BCUT2D eigenvalue weighted by Gasteiger charge is 2.10. The summed E-state index contributed by atoms with van der Waals surface area (Å²) in [6.07, 6.45) is 1.30. The van der Waals surface area contributed by atoms with Crippen LogP contribution in [0.5, 0.6) is 0 Å². The summed E-state index contributed by atoms with van der Waals surface area (Å²) < 4.78 is 0. The van der Waals surface area contributed by atoms with Gasteiger partial charge in [0.15, 0.2) is 6.04 Å². The van der Waals surface area contributed by atoms with Crippen molar-refractivity contribution in [2.45, 2.75) is 6.04 Å². The van der Waals surface area contributed by atoms with Crippen LogP contribution in [0.3, 0.4) is 0 Å². The van der Waals surface area contributed by atoms with Crippen LogP contribution in [0.1, 0.15) is 5.56 Å². The summed E-state index contributed by atoms with van der Waals surface area (Å²) in [5, 5.41) is 34.7. The van der Waals surface area contributed by atoms with Crippen molar-refractivity contribution < 1.29 is 4.92 Å². The van der Waals surface area contributed by atoms with Crippen LogP contribution in [0.4, 0.5) is 5.69 Å². The smallest absolute Gasteiger partial charge is 0.269 e. The molecule has 0 heterocycles. The SMILES string of the molecule is N#CC(=N)C(C#N)N=Cc1ccc([N+](=O)[O-])cc1. The molecule has 0 spiro atoms. The second-order valence-electron chi connectivity index (χ2n) is 3.18. The molecule has 0 radical (unpaired) electrons. The molecule has 0 amide bonds. The van der Waals surface area contributed by atoms with E-state index in [4.69, 9.17) is 15.9 Å². The molecule has 7 nitrogen and oxygen atoms in total. The third-order valence-electron chi connectivity index (χ3n) is 1.99. The van der Waals surface area contributed by atoms with Crippen LogP contribution < -0.4 is 0 Å². The van der Waals surface area contributed by atoms with Crippen LogP contribution in [0.2, 0.25) is 0 Å². The van der Waals surface area contributed by atoms with Gasteiger partial charge in [0.1, 0.15) is 11.8 Å². The van der Waals surface area contributed by atoms with E-state index in [9.17, 15) is 10.1 Å². The number of aliphatic imine (C=N–C) groups is 1. The van der Waals surface area contributed by atoms with Gasteiger partial charge in [-0.1, -0.05) is 0 Å². The second kappa shape index (κ2) is 5.87. The van der Waals surface area contributed by atoms with Crippen molar-refractivity contribution in [2.75, 3.05) is 0 Å². The van der Waals surface area contributed by atoms with Crippen molar-refractivity contribution in [3.05, 3.63) is 39.9 Å². The fourth-order valence-corrected chi connectivity index (χ4v) is 1.08. The number of nitrogens with zero attached hydrogens (tertiary/aromatic N) is 4. The monoisotopic (exact) mass is 241 g/mol. The van der Waals surface area contributed by atoms with Gasteiger partial charge in [-0.15, -0.1) is 0 Å². The highest BCUT2D eigenvalue weighted by atomic mass is 16.6. The van der Waals surface area contributed by atoms with Gasteiger partial charge in [-0.25, -0.2) is 0 Å². The van der Waals surface area contributed by atoms with Gasteiger partial charge in [-0.2, -0.15) is 10.5 Å². The molecule has 0 aliphatic heterocycles. The molecule has 1 unspecified atom stereocenters. The van der Waals surface area contributed by atoms with E-state index in [1.165, 1.54) is 36.5 Å². The van der Waals surface area contributed by atoms with Crippen molar-refractivity contribution in [1.29, 1.82) is 15.9 Å². The van der Waals surface area contributed by atoms with E-state index in [2.05, 4.69) is 4.99 Å². The molecule has 0 aliphatic rings. The summed E-state index contributed by atoms with van der Waals surface area (Å²) in [5.41, 5.74) is 0.0519. The Morgan fingerprint density at radius 2 is 2.06 bits per heavy atom. The zero-order valence-electron chi connectivity index (χ0n) is 9.07. The predicted molar refractivity (Wildman–Crippen MR) is 63.4 cm³/mol. The van der Waals surface area contributed by atoms with E-state index in [1.807, 2.05) is 0 Å². The minimum Gasteiger partial charge on any atom is -0.291 e. The minimum absolute atomic E-state index is 0.0475. The summed E-state index contributed by atoms with van der Waals surface area (Å²) in [5.74, 6) is 0. The molecular weight excluding hydrogens is 234 g/mol. The summed E-state index contributed by atoms with van der Waals surface area (Å²) in [6, 6.07) is 7.62. The summed E-state index contributed by atoms with van der Waals surface area (Å²) >= 11 is 0. The molecule has 7 heteroatoms. The number of rotatable bonds is 4. The molecule has 0 saturated heterocycles. The van der Waals surface area contributed by atoms with Crippen molar-refractivity contribution in [3.8, 4) is 12.1 Å². The van der Waals surface area contributed by atoms with Crippen LogP contribution in [-0.4, -0.2) is 22.9 Å². The Labute approximate surface area is 102 Å². The summed E-state index contributed by atoms with van der Waals surface area (Å²) in [6.45, 7) is 0. The maximum Gasteiger partial charge on any atom is 0.269 e. The highest BCUT2D eigenvalue weighted by molar-refractivity contribution is 6.03. The number of nitriles is 2. The zero-order valence-corrected chi connectivity index (χ0v) is 9.07. The average molecular weight is 241 g/mol. The van der Waals surface area contributed by atoms with Gasteiger partial charge >= 0.3 is 0 Å². The Bertz CT molecular complexity index is 577. The molecule has 1 rings (SSSR count). The van der Waals surface area contributed by atoms with Crippen LogP contribution >= 0.6 is 0 Å². The first-order valence-electron chi connectivity index (χ1n) is 4.74. The van der Waals surface area contributed by atoms with Crippen molar-refractivity contribution in [3.63, 3.8) is 0 Å². The molecule has 0 saturated carbocycles. The standard InChI is InChI=1S/C11H7N5O2/c12-5-10(14)11(6-13)15-7-8-1-3-9(4-2-8)16(17)18/h1-4,7,11,14H. The Morgan fingerprint density at radius 1 is 1.44 bits per heavy atom. The van der Waals surface area contributed by atoms with E-state index >= 15 is 0 Å². The normalized spacial score (nSPS) is 11.4. The Balaban J connectivity index is 2.85. The highest BCUT2D eigenvalue weighted by Crippen LogP contribution is 2.10. The molecule has 1 aromatic rings. The van der Waals surface area contributed by atoms with Gasteiger partial charge in [0.05, 0.1) is 11.0 Å². The molecule has 0 bridgehead atoms. The lowest BCUT2D eigenvalue weighted by Crippen LogP contribution is -2.13. The maximum atomic E-state index is 10.4. The van der Waals surface area contributed by atoms with Gasteiger partial charge in [0.25, 0.3) is 5.69 Å². The van der Waals surface area contributed by atoms with Gasteiger partial charge in [-0.05, 0) is 17.7 Å². The van der Waals surface area contributed by atoms with Crippen molar-refractivity contribution >= 4 is 17.6 Å². The first kappa shape index (κ1) is 13.0. The number of nitro groups is 1. The molecule has 1 aromatic carbocycles. The molecule has 88 valence electrons. The first-order chi connectivity index (χ1) is 8.58. The van der Waals surface area contributed by atoms with Gasteiger partial charge < -0.3 is 0 Å². The Kier molecular flexibility index (Phi) is 4.24. The van der Waals surface area contributed by atoms with E-state index in [1.54, 1.807) is 6.07 Å². The minimum atomic E-state index is -1.15. The van der Waals surface area contributed by atoms with Crippen LogP contribution in [0.25, 0.3) is 0 Å². The van der Waals surface area contributed by atoms with Crippen LogP contribution in [0, 0.1) is 38.2 Å². The quantitative estimate of drug-likeness (QED) is 0.486. The second-order valence-corrected chi connectivity index (χ2v) is 3.18. The van der Waals surface area contributed by atoms with Gasteiger partial charge in [-0.3, -0.25) is 20.5 Å². The average Bonchev–Trinajstić information content (AvgIpc) is 2.39. The molecule has 0 aromatic heterocycles. The number of nitro benzene ring substituents is 1. The Hall–Kier alpha value is -3.06. The lowest BCUT2D eigenvalue weighted by Gasteiger charge is -1.97. The molecular formula is C11H7N5O2. The third kappa shape index (κ3) is 3.22. The predicted octanol–water partition coefficient (Wildman–Crippen LogP) is 1.45. The molecule has 1 atom stereocenters. The Morgan fingerprint density at radius 3 is 2.50 bits per heavy atom. The molecule has 18 heavy (non-hydrogen) atoms. The van der Waals surface area contributed by atoms with Crippen LogP contribution in [0.15, 0.2) is 29.3 Å². The van der Waals surface area contributed by atoms with Crippen molar-refractivity contribution in [2.24, 2.45) is 4.99 Å². The number of non-ortho nitro benzene ring substituents is 1. The summed E-state index contributed by atoms with van der Waals surface area (Å²) in [4.78, 5) is 13.6. The van der Waals surface area contributed by atoms with Crippen LogP contribution in [-0.2, 0) is 0 Å². The number of nitrogens with one attached hydrogen (secondary N) is 1. The first-order valence-corrected chi connectivity index (χ1v) is 4.74. The fourth-order valence-electron chi connectivity index (χ4n) is 1.08. The molecule has 0 fully saturated rings. The maximum absolute atomic E-state index is 10.4. The topological polar surface area (TPSA) is 127 Å². The number of benzene rings is 1. The lowest BCUT2D eigenvalue weighted by molar-refractivity contribution is -0.384. The summed E-state index contributed by atoms with van der Waals surface area (Å²) in [7, 11) is 0. The van der Waals surface area contributed by atoms with Crippen molar-refractivity contribution in [1.82, 2.24) is 0 Å². The number of hydrogen-bond acceptors (Lipinski definition) is 6. The molecule has 1 N–H and O–H groups in total. The zero-order chi connectivity index (χ0) is 13.5. The van der Waals surface area contributed by atoms with E-state index in [0.29, 0.717) is 5.56 Å². The van der Waals surface area contributed by atoms with Gasteiger partial charge in [0, 0.05) is 18.3 Å². The largest absolute Gasteiger partial charge is 0.291 e. The fraction of sp³-hybridized carbons (Fsp3) is 0.0909. The third-order valence-corrected chi connectivity index (χ3v) is 1.99. The van der Waals surface area contributed by atoms with E-state index < -0.39 is 16.7 Å². The van der Waals surface area contributed by atoms with E-state index in [0.717, 1.165) is 0 Å². The number of hydrogen-bond donors (Lipinski definition) is 1. The lowest BCUT2D eigenvalue weighted by atomic mass is 10.2. The van der Waals surface area contributed by atoms with Gasteiger partial charge in [0.2, 0.25) is 0 Å².